The minimum Gasteiger partial charge on any atom is -0.384 e. The minimum atomic E-state index is -0.986. The molecule has 1 unspecified atom stereocenters. The van der Waals surface area contributed by atoms with E-state index in [1.165, 1.54) is 11.1 Å². The maximum Gasteiger partial charge on any atom is 0.191 e. The first-order chi connectivity index (χ1) is 12.0. The number of guanidine groups is 1. The number of benzene rings is 2. The minimum absolute atomic E-state index is 0. The topological polar surface area (TPSA) is 56.7 Å². The van der Waals surface area contributed by atoms with Gasteiger partial charge >= 0.3 is 0 Å². The number of rotatable bonds is 7. The van der Waals surface area contributed by atoms with Gasteiger partial charge < -0.3 is 15.7 Å². The van der Waals surface area contributed by atoms with Crippen LogP contribution in [0.4, 0.5) is 0 Å². The largest absolute Gasteiger partial charge is 0.384 e. The number of nitrogens with one attached hydrogen (secondary N) is 2. The van der Waals surface area contributed by atoms with E-state index in [0.717, 1.165) is 31.0 Å². The van der Waals surface area contributed by atoms with E-state index < -0.39 is 5.60 Å². The Hall–Kier alpha value is -1.60. The molecule has 0 fully saturated rings. The molecule has 0 spiro atoms. The molecule has 5 heteroatoms. The van der Waals surface area contributed by atoms with Gasteiger partial charge in [-0.25, -0.2) is 4.99 Å². The van der Waals surface area contributed by atoms with E-state index in [2.05, 4.69) is 46.8 Å². The maximum absolute atomic E-state index is 10.7. The third-order valence-corrected chi connectivity index (χ3v) is 4.23. The van der Waals surface area contributed by atoms with E-state index >= 15 is 0 Å². The van der Waals surface area contributed by atoms with Crippen molar-refractivity contribution in [2.24, 2.45) is 4.99 Å². The Morgan fingerprint density at radius 1 is 1.04 bits per heavy atom. The molecule has 3 N–H and O–H groups in total. The number of aliphatic hydroxyl groups is 1. The molecule has 0 aliphatic rings. The summed E-state index contributed by atoms with van der Waals surface area (Å²) in [6.45, 7) is 7.84. The lowest BCUT2D eigenvalue weighted by Crippen LogP contribution is -2.39. The van der Waals surface area contributed by atoms with Crippen LogP contribution in [0.1, 0.15) is 30.5 Å². The molecule has 2 aromatic rings. The molecule has 4 nitrogen and oxygen atoms in total. The number of halogens is 1. The second kappa shape index (κ2) is 11.2. The van der Waals surface area contributed by atoms with Crippen LogP contribution in [0.15, 0.2) is 59.6 Å². The molecule has 2 rings (SSSR count). The van der Waals surface area contributed by atoms with Crippen molar-refractivity contribution in [1.29, 1.82) is 0 Å². The molecular formula is C21H30IN3O. The van der Waals surface area contributed by atoms with Crippen molar-refractivity contribution in [2.45, 2.75) is 32.8 Å². The van der Waals surface area contributed by atoms with Gasteiger partial charge in [-0.2, -0.15) is 0 Å². The van der Waals surface area contributed by atoms with E-state index in [4.69, 9.17) is 0 Å². The highest BCUT2D eigenvalue weighted by Gasteiger charge is 2.22. The van der Waals surface area contributed by atoms with Crippen LogP contribution in [-0.2, 0) is 12.0 Å². The predicted molar refractivity (Wildman–Crippen MR) is 120 cm³/mol. The smallest absolute Gasteiger partial charge is 0.191 e. The standard InChI is InChI=1S/C21H29N3O.HI/c1-4-22-20(23-15-14-18-11-9-8-10-17(18)2)24-16-21(3,25)19-12-6-5-7-13-19;/h5-13,25H,4,14-16H2,1-3H3,(H2,22,23,24);1H. The second-order valence-electron chi connectivity index (χ2n) is 6.44. The molecule has 0 amide bonds. The van der Waals surface area contributed by atoms with Crippen LogP contribution in [0.2, 0.25) is 0 Å². The van der Waals surface area contributed by atoms with Crippen molar-refractivity contribution in [1.82, 2.24) is 10.6 Å². The second-order valence-corrected chi connectivity index (χ2v) is 6.44. The lowest BCUT2D eigenvalue weighted by atomic mass is 9.96. The molecule has 0 bridgehead atoms. The summed E-state index contributed by atoms with van der Waals surface area (Å²) in [7, 11) is 0. The molecular weight excluding hydrogens is 437 g/mol. The average Bonchev–Trinajstić information content (AvgIpc) is 2.62. The monoisotopic (exact) mass is 467 g/mol. The summed E-state index contributed by atoms with van der Waals surface area (Å²) in [6.07, 6.45) is 0.937. The van der Waals surface area contributed by atoms with Crippen molar-refractivity contribution in [3.05, 3.63) is 71.3 Å². The van der Waals surface area contributed by atoms with E-state index in [9.17, 15) is 5.11 Å². The third kappa shape index (κ3) is 6.96. The molecule has 2 aromatic carbocycles. The normalized spacial score (nSPS) is 13.5. The highest BCUT2D eigenvalue weighted by Crippen LogP contribution is 2.20. The fourth-order valence-electron chi connectivity index (χ4n) is 2.67. The van der Waals surface area contributed by atoms with Crippen molar-refractivity contribution < 1.29 is 5.11 Å². The molecule has 0 aliphatic carbocycles. The first-order valence-corrected chi connectivity index (χ1v) is 8.87. The van der Waals surface area contributed by atoms with Gasteiger partial charge in [-0.1, -0.05) is 54.6 Å². The zero-order chi connectivity index (χ0) is 18.1. The van der Waals surface area contributed by atoms with Gasteiger partial charge in [0.2, 0.25) is 0 Å². The molecule has 0 saturated heterocycles. The fraction of sp³-hybridized carbons (Fsp3) is 0.381. The molecule has 0 radical (unpaired) electrons. The summed E-state index contributed by atoms with van der Waals surface area (Å²) in [4.78, 5) is 4.56. The maximum atomic E-state index is 10.7. The quantitative estimate of drug-likeness (QED) is 0.331. The van der Waals surface area contributed by atoms with Crippen LogP contribution in [-0.4, -0.2) is 30.7 Å². The summed E-state index contributed by atoms with van der Waals surface area (Å²) in [5.41, 5.74) is 2.52. The van der Waals surface area contributed by atoms with Gasteiger partial charge in [-0.15, -0.1) is 24.0 Å². The Labute approximate surface area is 174 Å². The first-order valence-electron chi connectivity index (χ1n) is 8.87. The van der Waals surface area contributed by atoms with Crippen LogP contribution in [0.25, 0.3) is 0 Å². The fourth-order valence-corrected chi connectivity index (χ4v) is 2.67. The SMILES string of the molecule is CCNC(=NCC(C)(O)c1ccccc1)NCCc1ccccc1C.I. The highest BCUT2D eigenvalue weighted by atomic mass is 127. The molecule has 0 saturated carbocycles. The lowest BCUT2D eigenvalue weighted by Gasteiger charge is -2.22. The highest BCUT2D eigenvalue weighted by molar-refractivity contribution is 14.0. The molecule has 0 aromatic heterocycles. The molecule has 142 valence electrons. The first kappa shape index (κ1) is 22.4. The Kier molecular flexibility index (Phi) is 9.65. The van der Waals surface area contributed by atoms with Crippen LogP contribution in [0, 0.1) is 6.92 Å². The zero-order valence-corrected chi connectivity index (χ0v) is 18.2. The van der Waals surface area contributed by atoms with Gasteiger partial charge in [-0.3, -0.25) is 0 Å². The van der Waals surface area contributed by atoms with E-state index in [1.54, 1.807) is 6.92 Å². The van der Waals surface area contributed by atoms with Crippen molar-refractivity contribution in [2.75, 3.05) is 19.6 Å². The van der Waals surface area contributed by atoms with Gasteiger partial charge in [0, 0.05) is 13.1 Å². The lowest BCUT2D eigenvalue weighted by molar-refractivity contribution is 0.0672. The van der Waals surface area contributed by atoms with Gasteiger partial charge in [0.1, 0.15) is 5.60 Å². The van der Waals surface area contributed by atoms with Gasteiger partial charge in [0.05, 0.1) is 6.54 Å². The summed E-state index contributed by atoms with van der Waals surface area (Å²) < 4.78 is 0. The molecule has 0 aliphatic heterocycles. The van der Waals surface area contributed by atoms with E-state index in [-0.39, 0.29) is 24.0 Å². The Bertz CT molecular complexity index is 687. The summed E-state index contributed by atoms with van der Waals surface area (Å²) >= 11 is 0. The number of aliphatic imine (C=N–C) groups is 1. The van der Waals surface area contributed by atoms with Crippen LogP contribution >= 0.6 is 24.0 Å². The van der Waals surface area contributed by atoms with Crippen LogP contribution in [0.3, 0.4) is 0 Å². The third-order valence-electron chi connectivity index (χ3n) is 4.23. The zero-order valence-electron chi connectivity index (χ0n) is 15.8. The van der Waals surface area contributed by atoms with Gasteiger partial charge in [-0.05, 0) is 43.9 Å². The Balaban J connectivity index is 0.00000338. The number of aryl methyl sites for hydroxylation is 1. The molecule has 1 atom stereocenters. The van der Waals surface area contributed by atoms with Crippen molar-refractivity contribution >= 4 is 29.9 Å². The Morgan fingerprint density at radius 3 is 2.35 bits per heavy atom. The van der Waals surface area contributed by atoms with Gasteiger partial charge in [0.25, 0.3) is 0 Å². The van der Waals surface area contributed by atoms with E-state index in [0.29, 0.717) is 6.54 Å². The Morgan fingerprint density at radius 2 is 1.69 bits per heavy atom. The van der Waals surface area contributed by atoms with Crippen LogP contribution < -0.4 is 10.6 Å². The summed E-state index contributed by atoms with van der Waals surface area (Å²) in [6, 6.07) is 18.1. The number of hydrogen-bond donors (Lipinski definition) is 3. The van der Waals surface area contributed by atoms with Crippen LogP contribution in [0.5, 0.6) is 0 Å². The number of nitrogens with zero attached hydrogens (tertiary/aromatic N) is 1. The molecule has 0 heterocycles. The molecule has 26 heavy (non-hydrogen) atoms. The van der Waals surface area contributed by atoms with Crippen molar-refractivity contribution in [3.63, 3.8) is 0 Å². The van der Waals surface area contributed by atoms with Gasteiger partial charge in [0.15, 0.2) is 5.96 Å². The van der Waals surface area contributed by atoms with E-state index in [1.807, 2.05) is 37.3 Å². The summed E-state index contributed by atoms with van der Waals surface area (Å²) in [5.74, 6) is 0.729. The predicted octanol–water partition coefficient (Wildman–Crippen LogP) is 3.62. The average molecular weight is 467 g/mol. The number of hydrogen-bond acceptors (Lipinski definition) is 2. The van der Waals surface area contributed by atoms with Crippen molar-refractivity contribution in [3.8, 4) is 0 Å². The summed E-state index contributed by atoms with van der Waals surface area (Å²) in [5, 5.41) is 17.3.